The topological polar surface area (TPSA) is 68.0 Å². The van der Waals surface area contributed by atoms with Gasteiger partial charge in [0.25, 0.3) is 5.91 Å². The molecule has 0 aliphatic carbocycles. The van der Waals surface area contributed by atoms with Crippen molar-refractivity contribution in [3.63, 3.8) is 0 Å². The van der Waals surface area contributed by atoms with Gasteiger partial charge in [-0.05, 0) is 26.0 Å². The van der Waals surface area contributed by atoms with Crippen LogP contribution in [-0.4, -0.2) is 16.9 Å². The number of nitrogen functional groups attached to an aromatic ring is 1. The van der Waals surface area contributed by atoms with Gasteiger partial charge >= 0.3 is 0 Å². The van der Waals surface area contributed by atoms with Crippen molar-refractivity contribution in [1.29, 1.82) is 0 Å². The van der Waals surface area contributed by atoms with E-state index in [4.69, 9.17) is 5.73 Å². The number of amides is 1. The van der Waals surface area contributed by atoms with Crippen LogP contribution in [0.1, 0.15) is 24.3 Å². The van der Waals surface area contributed by atoms with Crippen molar-refractivity contribution in [3.05, 3.63) is 23.9 Å². The zero-order valence-corrected chi connectivity index (χ0v) is 7.74. The maximum absolute atomic E-state index is 11.4. The van der Waals surface area contributed by atoms with E-state index in [1.165, 1.54) is 0 Å². The zero-order chi connectivity index (χ0) is 9.84. The standard InChI is InChI=1S/C9H13N3O/c1-6(2)11-9(13)7-4-3-5-8(10)12-7/h3-6H,1-2H3,(H2,10,12)(H,11,13). The lowest BCUT2D eigenvalue weighted by molar-refractivity contribution is 0.0938. The minimum absolute atomic E-state index is 0.107. The van der Waals surface area contributed by atoms with Crippen molar-refractivity contribution in [3.8, 4) is 0 Å². The Morgan fingerprint density at radius 1 is 1.54 bits per heavy atom. The molecule has 0 unspecified atom stereocenters. The monoisotopic (exact) mass is 179 g/mol. The summed E-state index contributed by atoms with van der Waals surface area (Å²) >= 11 is 0. The second kappa shape index (κ2) is 3.89. The first kappa shape index (κ1) is 9.51. The van der Waals surface area contributed by atoms with E-state index in [2.05, 4.69) is 10.3 Å². The van der Waals surface area contributed by atoms with Crippen LogP contribution in [0.4, 0.5) is 5.82 Å². The molecule has 0 fully saturated rings. The largest absolute Gasteiger partial charge is 0.384 e. The maximum atomic E-state index is 11.4. The molecular formula is C9H13N3O. The first-order valence-corrected chi connectivity index (χ1v) is 4.13. The summed E-state index contributed by atoms with van der Waals surface area (Å²) in [5, 5.41) is 2.73. The van der Waals surface area contributed by atoms with Crippen molar-refractivity contribution in [2.75, 3.05) is 5.73 Å². The third kappa shape index (κ3) is 2.74. The highest BCUT2D eigenvalue weighted by molar-refractivity contribution is 5.92. The van der Waals surface area contributed by atoms with Crippen molar-refractivity contribution in [2.24, 2.45) is 0 Å². The van der Waals surface area contributed by atoms with Crippen molar-refractivity contribution < 1.29 is 4.79 Å². The van der Waals surface area contributed by atoms with Crippen LogP contribution < -0.4 is 11.1 Å². The lowest BCUT2D eigenvalue weighted by Gasteiger charge is -2.07. The number of rotatable bonds is 2. The van der Waals surface area contributed by atoms with Crippen LogP contribution in [0.3, 0.4) is 0 Å². The first-order chi connectivity index (χ1) is 6.09. The number of carbonyl (C=O) groups excluding carboxylic acids is 1. The molecule has 1 heterocycles. The van der Waals surface area contributed by atoms with Gasteiger partial charge in [0.2, 0.25) is 0 Å². The summed E-state index contributed by atoms with van der Waals surface area (Å²) in [6, 6.07) is 5.09. The minimum atomic E-state index is -0.192. The summed E-state index contributed by atoms with van der Waals surface area (Å²) < 4.78 is 0. The predicted molar refractivity (Wildman–Crippen MR) is 51.3 cm³/mol. The van der Waals surface area contributed by atoms with Gasteiger partial charge in [-0.25, -0.2) is 4.98 Å². The number of nitrogens with two attached hydrogens (primary N) is 1. The quantitative estimate of drug-likeness (QED) is 0.705. The number of nitrogens with zero attached hydrogens (tertiary/aromatic N) is 1. The second-order valence-electron chi connectivity index (χ2n) is 3.08. The summed E-state index contributed by atoms with van der Waals surface area (Å²) in [5.74, 6) is 0.165. The molecule has 0 saturated carbocycles. The highest BCUT2D eigenvalue weighted by atomic mass is 16.1. The van der Waals surface area contributed by atoms with Crippen LogP contribution in [0.25, 0.3) is 0 Å². The van der Waals surface area contributed by atoms with Gasteiger partial charge in [-0.15, -0.1) is 0 Å². The highest BCUT2D eigenvalue weighted by Crippen LogP contribution is 2.00. The number of aromatic nitrogens is 1. The Labute approximate surface area is 77.2 Å². The van der Waals surface area contributed by atoms with Gasteiger partial charge in [-0.3, -0.25) is 4.79 Å². The normalized spacial score (nSPS) is 10.1. The molecule has 0 aromatic carbocycles. The molecule has 70 valence electrons. The van der Waals surface area contributed by atoms with Crippen LogP contribution in [-0.2, 0) is 0 Å². The Bertz CT molecular complexity index is 309. The van der Waals surface area contributed by atoms with Crippen molar-refractivity contribution in [2.45, 2.75) is 19.9 Å². The van der Waals surface area contributed by atoms with E-state index in [-0.39, 0.29) is 11.9 Å². The fraction of sp³-hybridized carbons (Fsp3) is 0.333. The first-order valence-electron chi connectivity index (χ1n) is 4.13. The van der Waals surface area contributed by atoms with Crippen LogP contribution in [0.15, 0.2) is 18.2 Å². The van der Waals surface area contributed by atoms with E-state index in [1.54, 1.807) is 18.2 Å². The molecule has 0 spiro atoms. The average Bonchev–Trinajstić information content (AvgIpc) is 2.03. The number of nitrogens with one attached hydrogen (secondary N) is 1. The molecule has 0 aliphatic rings. The smallest absolute Gasteiger partial charge is 0.270 e. The molecule has 4 heteroatoms. The molecule has 0 bridgehead atoms. The number of hydrogen-bond acceptors (Lipinski definition) is 3. The number of hydrogen-bond donors (Lipinski definition) is 2. The van der Waals surface area contributed by atoms with Gasteiger partial charge in [-0.2, -0.15) is 0 Å². The molecular weight excluding hydrogens is 166 g/mol. The predicted octanol–water partition coefficient (Wildman–Crippen LogP) is 0.802. The van der Waals surface area contributed by atoms with Gasteiger partial charge in [0.15, 0.2) is 0 Å². The summed E-state index contributed by atoms with van der Waals surface area (Å²) in [7, 11) is 0. The summed E-state index contributed by atoms with van der Waals surface area (Å²) in [5.41, 5.74) is 5.79. The fourth-order valence-corrected chi connectivity index (χ4v) is 0.914. The Balaban J connectivity index is 2.77. The highest BCUT2D eigenvalue weighted by Gasteiger charge is 2.07. The average molecular weight is 179 g/mol. The third-order valence-corrected chi connectivity index (χ3v) is 1.42. The van der Waals surface area contributed by atoms with E-state index < -0.39 is 0 Å². The van der Waals surface area contributed by atoms with Crippen LogP contribution in [0, 0.1) is 0 Å². The summed E-state index contributed by atoms with van der Waals surface area (Å²) in [6.45, 7) is 3.79. The molecule has 1 rings (SSSR count). The number of carbonyl (C=O) groups is 1. The second-order valence-corrected chi connectivity index (χ2v) is 3.08. The molecule has 1 aromatic rings. The van der Waals surface area contributed by atoms with Crippen molar-refractivity contribution >= 4 is 11.7 Å². The fourth-order valence-electron chi connectivity index (χ4n) is 0.914. The van der Waals surface area contributed by atoms with Gasteiger partial charge in [-0.1, -0.05) is 6.07 Å². The lowest BCUT2D eigenvalue weighted by Crippen LogP contribution is -2.30. The number of anilines is 1. The van der Waals surface area contributed by atoms with Gasteiger partial charge < -0.3 is 11.1 Å². The minimum Gasteiger partial charge on any atom is -0.384 e. The van der Waals surface area contributed by atoms with Gasteiger partial charge in [0, 0.05) is 6.04 Å². The van der Waals surface area contributed by atoms with E-state index in [9.17, 15) is 4.79 Å². The molecule has 1 aromatic heterocycles. The Morgan fingerprint density at radius 3 is 2.77 bits per heavy atom. The number of pyridine rings is 1. The van der Waals surface area contributed by atoms with E-state index in [0.29, 0.717) is 11.5 Å². The third-order valence-electron chi connectivity index (χ3n) is 1.42. The van der Waals surface area contributed by atoms with Crippen LogP contribution in [0.5, 0.6) is 0 Å². The molecule has 3 N–H and O–H groups in total. The van der Waals surface area contributed by atoms with Crippen molar-refractivity contribution in [1.82, 2.24) is 10.3 Å². The Kier molecular flexibility index (Phi) is 2.84. The summed E-state index contributed by atoms with van der Waals surface area (Å²) in [4.78, 5) is 15.3. The Hall–Kier alpha value is -1.58. The van der Waals surface area contributed by atoms with Crippen LogP contribution in [0.2, 0.25) is 0 Å². The van der Waals surface area contributed by atoms with Gasteiger partial charge in [0.05, 0.1) is 0 Å². The maximum Gasteiger partial charge on any atom is 0.270 e. The molecule has 0 atom stereocenters. The van der Waals surface area contributed by atoms with Gasteiger partial charge in [0.1, 0.15) is 11.5 Å². The SMILES string of the molecule is CC(C)NC(=O)c1cccc(N)n1. The molecule has 0 aliphatic heterocycles. The summed E-state index contributed by atoms with van der Waals surface area (Å²) in [6.07, 6.45) is 0. The lowest BCUT2D eigenvalue weighted by atomic mass is 10.3. The van der Waals surface area contributed by atoms with Crippen LogP contribution >= 0.6 is 0 Å². The zero-order valence-electron chi connectivity index (χ0n) is 7.74. The molecule has 0 radical (unpaired) electrons. The van der Waals surface area contributed by atoms with E-state index in [0.717, 1.165) is 0 Å². The molecule has 4 nitrogen and oxygen atoms in total. The molecule has 13 heavy (non-hydrogen) atoms. The van der Waals surface area contributed by atoms with E-state index >= 15 is 0 Å². The molecule has 0 saturated heterocycles. The molecule has 1 amide bonds. The Morgan fingerprint density at radius 2 is 2.23 bits per heavy atom. The van der Waals surface area contributed by atoms with E-state index in [1.807, 2.05) is 13.8 Å².